The molecule has 1 aromatic rings. The van der Waals surface area contributed by atoms with E-state index in [1.54, 1.807) is 6.07 Å². The van der Waals surface area contributed by atoms with Crippen LogP contribution in [0.2, 0.25) is 0 Å². The van der Waals surface area contributed by atoms with Crippen LogP contribution in [0.5, 0.6) is 5.75 Å². The SMILES string of the molecule is COc1ccc(C(N)C2CN(C)CCCN2C)cc1F. The highest BCUT2D eigenvalue weighted by molar-refractivity contribution is 5.31. The molecular formula is C15H24FN3O. The molecule has 112 valence electrons. The van der Waals surface area contributed by atoms with Gasteiger partial charge in [0.2, 0.25) is 0 Å². The Balaban J connectivity index is 2.20. The Labute approximate surface area is 120 Å². The molecule has 0 aromatic heterocycles. The number of ether oxygens (including phenoxy) is 1. The predicted octanol–water partition coefficient (Wildman–Crippen LogP) is 1.47. The molecule has 0 amide bonds. The quantitative estimate of drug-likeness (QED) is 0.911. The van der Waals surface area contributed by atoms with Crippen LogP contribution in [0.15, 0.2) is 18.2 Å². The normalized spacial score (nSPS) is 23.4. The lowest BCUT2D eigenvalue weighted by Crippen LogP contribution is -2.45. The second kappa shape index (κ2) is 6.52. The first-order chi connectivity index (χ1) is 9.52. The van der Waals surface area contributed by atoms with Gasteiger partial charge >= 0.3 is 0 Å². The maximum atomic E-state index is 13.8. The van der Waals surface area contributed by atoms with Gasteiger partial charge in [-0.2, -0.15) is 0 Å². The molecule has 2 unspecified atom stereocenters. The van der Waals surface area contributed by atoms with E-state index < -0.39 is 0 Å². The number of nitrogens with two attached hydrogens (primary N) is 1. The maximum Gasteiger partial charge on any atom is 0.165 e. The second-order valence-corrected chi connectivity index (χ2v) is 5.58. The fourth-order valence-electron chi connectivity index (χ4n) is 2.81. The Morgan fingerprint density at radius 1 is 1.35 bits per heavy atom. The fraction of sp³-hybridized carbons (Fsp3) is 0.600. The van der Waals surface area contributed by atoms with Crippen LogP contribution in [0.1, 0.15) is 18.0 Å². The van der Waals surface area contributed by atoms with Crippen LogP contribution in [-0.2, 0) is 0 Å². The summed E-state index contributed by atoms with van der Waals surface area (Å²) in [5.74, 6) is -0.0997. The molecule has 1 aliphatic rings. The van der Waals surface area contributed by atoms with Crippen molar-refractivity contribution >= 4 is 0 Å². The molecule has 1 aliphatic heterocycles. The third kappa shape index (κ3) is 3.29. The predicted molar refractivity (Wildman–Crippen MR) is 78.4 cm³/mol. The highest BCUT2D eigenvalue weighted by atomic mass is 19.1. The highest BCUT2D eigenvalue weighted by Gasteiger charge is 2.27. The maximum absolute atomic E-state index is 13.8. The highest BCUT2D eigenvalue weighted by Crippen LogP contribution is 2.25. The first kappa shape index (κ1) is 15.2. The van der Waals surface area contributed by atoms with E-state index in [0.717, 1.165) is 31.6 Å². The molecule has 0 saturated carbocycles. The van der Waals surface area contributed by atoms with Gasteiger partial charge in [-0.15, -0.1) is 0 Å². The van der Waals surface area contributed by atoms with Gasteiger partial charge in [-0.3, -0.25) is 0 Å². The van der Waals surface area contributed by atoms with Crippen LogP contribution in [0.25, 0.3) is 0 Å². The molecule has 1 saturated heterocycles. The van der Waals surface area contributed by atoms with Crippen molar-refractivity contribution in [2.24, 2.45) is 5.73 Å². The summed E-state index contributed by atoms with van der Waals surface area (Å²) in [6.45, 7) is 2.98. The molecule has 1 heterocycles. The van der Waals surface area contributed by atoms with Crippen molar-refractivity contribution in [2.45, 2.75) is 18.5 Å². The molecule has 2 rings (SSSR count). The number of likely N-dealkylation sites (N-methyl/N-ethyl adjacent to an activating group) is 2. The summed E-state index contributed by atoms with van der Waals surface area (Å²) < 4.78 is 18.8. The van der Waals surface area contributed by atoms with Gasteiger partial charge in [0.25, 0.3) is 0 Å². The Morgan fingerprint density at radius 3 is 2.75 bits per heavy atom. The number of hydrogen-bond donors (Lipinski definition) is 1. The van der Waals surface area contributed by atoms with Crippen molar-refractivity contribution in [3.63, 3.8) is 0 Å². The van der Waals surface area contributed by atoms with Gasteiger partial charge in [0, 0.05) is 18.6 Å². The number of benzene rings is 1. The molecular weight excluding hydrogens is 257 g/mol. The van der Waals surface area contributed by atoms with Gasteiger partial charge in [0.15, 0.2) is 11.6 Å². The minimum atomic E-state index is -0.356. The summed E-state index contributed by atoms with van der Waals surface area (Å²) in [5.41, 5.74) is 7.19. The molecule has 1 fully saturated rings. The average Bonchev–Trinajstić information content (AvgIpc) is 2.59. The van der Waals surface area contributed by atoms with Crippen molar-refractivity contribution in [3.8, 4) is 5.75 Å². The Kier molecular flexibility index (Phi) is 4.96. The standard InChI is InChI=1S/C15H24FN3O/c1-18-7-4-8-19(2)13(10-18)15(17)11-5-6-14(20-3)12(16)9-11/h5-6,9,13,15H,4,7-8,10,17H2,1-3H3. The van der Waals surface area contributed by atoms with Gasteiger partial charge < -0.3 is 20.3 Å². The largest absolute Gasteiger partial charge is 0.494 e. The van der Waals surface area contributed by atoms with Crippen LogP contribution in [0, 0.1) is 5.82 Å². The number of methoxy groups -OCH3 is 1. The van der Waals surface area contributed by atoms with Gasteiger partial charge in [0.05, 0.1) is 7.11 Å². The number of halogens is 1. The van der Waals surface area contributed by atoms with Gasteiger partial charge in [0.1, 0.15) is 0 Å². The number of rotatable bonds is 3. The zero-order valence-corrected chi connectivity index (χ0v) is 12.5. The van der Waals surface area contributed by atoms with E-state index in [4.69, 9.17) is 10.5 Å². The molecule has 4 nitrogen and oxygen atoms in total. The van der Waals surface area contributed by atoms with E-state index in [0.29, 0.717) is 0 Å². The van der Waals surface area contributed by atoms with E-state index in [1.807, 2.05) is 6.07 Å². The lowest BCUT2D eigenvalue weighted by atomic mass is 9.98. The molecule has 0 aliphatic carbocycles. The lowest BCUT2D eigenvalue weighted by Gasteiger charge is -2.32. The lowest BCUT2D eigenvalue weighted by molar-refractivity contribution is 0.196. The van der Waals surface area contributed by atoms with Crippen molar-refractivity contribution in [1.82, 2.24) is 9.80 Å². The zero-order chi connectivity index (χ0) is 14.7. The second-order valence-electron chi connectivity index (χ2n) is 5.58. The zero-order valence-electron chi connectivity index (χ0n) is 12.5. The summed E-state index contributed by atoms with van der Waals surface area (Å²) in [6.07, 6.45) is 1.13. The number of nitrogens with zero attached hydrogens (tertiary/aromatic N) is 2. The molecule has 0 bridgehead atoms. The third-order valence-electron chi connectivity index (χ3n) is 4.09. The van der Waals surface area contributed by atoms with E-state index in [9.17, 15) is 4.39 Å². The smallest absolute Gasteiger partial charge is 0.165 e. The van der Waals surface area contributed by atoms with Crippen molar-refractivity contribution in [3.05, 3.63) is 29.6 Å². The van der Waals surface area contributed by atoms with E-state index >= 15 is 0 Å². The summed E-state index contributed by atoms with van der Waals surface area (Å²) in [6, 6.07) is 4.97. The molecule has 20 heavy (non-hydrogen) atoms. The Morgan fingerprint density at radius 2 is 2.10 bits per heavy atom. The first-order valence-corrected chi connectivity index (χ1v) is 7.00. The average molecular weight is 281 g/mol. The van der Waals surface area contributed by atoms with E-state index in [2.05, 4.69) is 23.9 Å². The fourth-order valence-corrected chi connectivity index (χ4v) is 2.81. The molecule has 2 atom stereocenters. The molecule has 0 spiro atoms. The Bertz CT molecular complexity index is 455. The minimum absolute atomic E-state index is 0.190. The van der Waals surface area contributed by atoms with Crippen LogP contribution in [0.4, 0.5) is 4.39 Å². The summed E-state index contributed by atoms with van der Waals surface area (Å²) in [7, 11) is 5.66. The molecule has 0 radical (unpaired) electrons. The van der Waals surface area contributed by atoms with Crippen LogP contribution < -0.4 is 10.5 Å². The van der Waals surface area contributed by atoms with Crippen molar-refractivity contribution in [1.29, 1.82) is 0 Å². The summed E-state index contributed by atoms with van der Waals surface area (Å²) >= 11 is 0. The number of hydrogen-bond acceptors (Lipinski definition) is 4. The van der Waals surface area contributed by atoms with Crippen LogP contribution in [0.3, 0.4) is 0 Å². The van der Waals surface area contributed by atoms with Gasteiger partial charge in [-0.25, -0.2) is 4.39 Å². The van der Waals surface area contributed by atoms with E-state index in [-0.39, 0.29) is 23.7 Å². The summed E-state index contributed by atoms with van der Waals surface area (Å²) in [4.78, 5) is 4.56. The first-order valence-electron chi connectivity index (χ1n) is 7.00. The minimum Gasteiger partial charge on any atom is -0.494 e. The monoisotopic (exact) mass is 281 g/mol. The van der Waals surface area contributed by atoms with Crippen LogP contribution in [-0.4, -0.2) is 56.7 Å². The van der Waals surface area contributed by atoms with E-state index in [1.165, 1.54) is 13.2 Å². The summed E-state index contributed by atoms with van der Waals surface area (Å²) in [5, 5.41) is 0. The van der Waals surface area contributed by atoms with Crippen molar-refractivity contribution < 1.29 is 9.13 Å². The van der Waals surface area contributed by atoms with Gasteiger partial charge in [-0.05, 0) is 51.3 Å². The molecule has 5 heteroatoms. The third-order valence-corrected chi connectivity index (χ3v) is 4.09. The van der Waals surface area contributed by atoms with Gasteiger partial charge in [-0.1, -0.05) is 6.07 Å². The van der Waals surface area contributed by atoms with Crippen LogP contribution >= 0.6 is 0 Å². The molecule has 2 N–H and O–H groups in total. The molecule has 1 aromatic carbocycles. The van der Waals surface area contributed by atoms with Crippen molar-refractivity contribution in [2.75, 3.05) is 40.8 Å². The topological polar surface area (TPSA) is 41.7 Å². The Hall–Kier alpha value is -1.17.